The van der Waals surface area contributed by atoms with Crippen molar-refractivity contribution in [2.75, 3.05) is 24.3 Å². The van der Waals surface area contributed by atoms with Crippen molar-refractivity contribution in [3.05, 3.63) is 12.7 Å². The summed E-state index contributed by atoms with van der Waals surface area (Å²) in [6, 6.07) is -1.24. The Morgan fingerprint density at radius 2 is 2.30 bits per heavy atom. The Balaban J connectivity index is 1.61. The number of rotatable bonds is 10. The molecule has 0 amide bonds. The van der Waals surface area contributed by atoms with E-state index in [0.29, 0.717) is 16.9 Å². The molecule has 166 valence electrons. The van der Waals surface area contributed by atoms with Crippen LogP contribution in [-0.4, -0.2) is 77.5 Å². The highest BCUT2D eigenvalue weighted by atomic mass is 32.2. The summed E-state index contributed by atoms with van der Waals surface area (Å²) >= 11 is 1.42. The molecule has 3 rings (SSSR count). The summed E-state index contributed by atoms with van der Waals surface area (Å²) < 4.78 is 24.6. The van der Waals surface area contributed by atoms with E-state index < -0.39 is 44.8 Å². The Labute approximate surface area is 175 Å². The maximum atomic E-state index is 12.2. The molecule has 1 unspecified atom stereocenters. The molecule has 1 aliphatic rings. The third-order valence-corrected chi connectivity index (χ3v) is 6.32. The Hall–Kier alpha value is -1.80. The second kappa shape index (κ2) is 9.56. The van der Waals surface area contributed by atoms with Crippen molar-refractivity contribution in [2.24, 2.45) is 0 Å². The number of nitrogen functional groups attached to an aromatic ring is 1. The number of nitrogens with zero attached hydrogens (tertiary/aromatic N) is 4. The number of aliphatic hydroxyl groups is 1. The van der Waals surface area contributed by atoms with Crippen LogP contribution in [0.4, 0.5) is 5.82 Å². The minimum absolute atomic E-state index is 0.147. The smallest absolute Gasteiger partial charge is 0.403 e. The van der Waals surface area contributed by atoms with E-state index >= 15 is 0 Å². The lowest BCUT2D eigenvalue weighted by Gasteiger charge is -2.21. The largest absolute Gasteiger partial charge is 0.480 e. The average Bonchev–Trinajstić information content (AvgIpc) is 3.27. The third kappa shape index (κ3) is 5.27. The molecule has 5 atom stereocenters. The number of carbonyl (C=O) groups is 1. The molecule has 1 saturated heterocycles. The lowest BCUT2D eigenvalue weighted by molar-refractivity contribution is -0.139. The molecule has 2 aromatic heterocycles. The van der Waals surface area contributed by atoms with Gasteiger partial charge in [-0.2, -0.15) is 11.8 Å². The van der Waals surface area contributed by atoms with Crippen molar-refractivity contribution in [2.45, 2.75) is 37.3 Å². The van der Waals surface area contributed by atoms with Crippen LogP contribution in [0.1, 0.15) is 19.1 Å². The summed E-state index contributed by atoms with van der Waals surface area (Å²) in [5.41, 5.74) is 6.58. The van der Waals surface area contributed by atoms with E-state index in [1.54, 1.807) is 10.8 Å². The van der Waals surface area contributed by atoms with Crippen LogP contribution < -0.4 is 10.8 Å². The van der Waals surface area contributed by atoms with Gasteiger partial charge in [0.2, 0.25) is 0 Å². The van der Waals surface area contributed by atoms with Gasteiger partial charge in [0.05, 0.1) is 19.0 Å². The molecule has 0 bridgehead atoms. The number of imidazole rings is 1. The molecule has 0 spiro atoms. The summed E-state index contributed by atoms with van der Waals surface area (Å²) in [6.45, 7) is -0.420. The summed E-state index contributed by atoms with van der Waals surface area (Å²) in [5, 5.41) is 21.6. The van der Waals surface area contributed by atoms with Gasteiger partial charge in [-0.05, 0) is 18.4 Å². The molecule has 2 aromatic rings. The second-order valence-electron chi connectivity index (χ2n) is 6.63. The standard InChI is InChI=1S/C15H23N6O7PS/c1-30-3-2-8(15(23)24)20-29(25,26)27-5-10-9(22)4-11(28-10)21-7-19-12-13(16)17-6-18-14(12)21/h6-11,22H,2-5H2,1H3,(H,23,24)(H2,16,17,18)(H2,20,25,26)/t8-,9-,10+,11+/m0/s1. The number of carboxylic acid groups (broad SMARTS) is 1. The average molecular weight is 462 g/mol. The van der Waals surface area contributed by atoms with Crippen molar-refractivity contribution in [1.82, 2.24) is 24.6 Å². The summed E-state index contributed by atoms with van der Waals surface area (Å²) in [5.74, 6) is -0.561. The van der Waals surface area contributed by atoms with Crippen LogP contribution in [0.25, 0.3) is 11.2 Å². The summed E-state index contributed by atoms with van der Waals surface area (Å²) in [6.07, 6.45) is 2.30. The Morgan fingerprint density at radius 1 is 1.53 bits per heavy atom. The number of nitrogens with one attached hydrogen (secondary N) is 1. The van der Waals surface area contributed by atoms with Crippen LogP contribution in [0.15, 0.2) is 12.7 Å². The predicted molar refractivity (Wildman–Crippen MR) is 108 cm³/mol. The van der Waals surface area contributed by atoms with E-state index in [-0.39, 0.29) is 18.7 Å². The minimum Gasteiger partial charge on any atom is -0.480 e. The van der Waals surface area contributed by atoms with Gasteiger partial charge >= 0.3 is 13.7 Å². The molecule has 0 aromatic carbocycles. The van der Waals surface area contributed by atoms with Crippen molar-refractivity contribution in [3.8, 4) is 0 Å². The minimum atomic E-state index is -4.43. The first kappa shape index (κ1) is 22.9. The molecule has 1 aliphatic heterocycles. The van der Waals surface area contributed by atoms with Crippen LogP contribution in [0, 0.1) is 0 Å². The van der Waals surface area contributed by atoms with Gasteiger partial charge < -0.3 is 25.6 Å². The van der Waals surface area contributed by atoms with Gasteiger partial charge in [0.25, 0.3) is 0 Å². The first-order valence-electron chi connectivity index (χ1n) is 8.95. The number of aliphatic hydroxyl groups excluding tert-OH is 1. The van der Waals surface area contributed by atoms with Gasteiger partial charge in [0.1, 0.15) is 30.2 Å². The van der Waals surface area contributed by atoms with E-state index in [1.165, 1.54) is 24.4 Å². The number of hydrogen-bond donors (Lipinski definition) is 5. The fourth-order valence-corrected chi connectivity index (χ4v) is 4.53. The lowest BCUT2D eigenvalue weighted by Crippen LogP contribution is -2.36. The fraction of sp³-hybridized carbons (Fsp3) is 0.600. The maximum Gasteiger partial charge on any atom is 0.403 e. The van der Waals surface area contributed by atoms with Crippen molar-refractivity contribution in [1.29, 1.82) is 0 Å². The normalized spacial score (nSPS) is 24.7. The van der Waals surface area contributed by atoms with E-state index in [2.05, 4.69) is 20.0 Å². The zero-order valence-corrected chi connectivity index (χ0v) is 17.7. The number of thioether (sulfide) groups is 1. The third-order valence-electron chi connectivity index (χ3n) is 4.54. The molecule has 13 nitrogen and oxygen atoms in total. The number of nitrogens with two attached hydrogens (primary N) is 1. The predicted octanol–water partition coefficient (Wildman–Crippen LogP) is -0.0302. The number of carboxylic acids is 1. The molecular weight excluding hydrogens is 439 g/mol. The Morgan fingerprint density at radius 3 is 3.00 bits per heavy atom. The zero-order valence-electron chi connectivity index (χ0n) is 16.0. The molecule has 0 aliphatic carbocycles. The van der Waals surface area contributed by atoms with Gasteiger partial charge in [-0.3, -0.25) is 13.9 Å². The first-order valence-corrected chi connectivity index (χ1v) is 11.9. The Bertz CT molecular complexity index is 945. The van der Waals surface area contributed by atoms with Crippen molar-refractivity contribution >= 4 is 42.5 Å². The summed E-state index contributed by atoms with van der Waals surface area (Å²) in [4.78, 5) is 33.3. The topological polar surface area (TPSA) is 195 Å². The zero-order chi connectivity index (χ0) is 21.9. The highest BCUT2D eigenvalue weighted by Crippen LogP contribution is 2.40. The molecule has 15 heteroatoms. The number of aliphatic carboxylic acids is 1. The summed E-state index contributed by atoms with van der Waals surface area (Å²) in [7, 11) is -4.43. The van der Waals surface area contributed by atoms with Crippen molar-refractivity contribution in [3.63, 3.8) is 0 Å². The highest BCUT2D eigenvalue weighted by molar-refractivity contribution is 7.98. The van der Waals surface area contributed by atoms with Crippen LogP contribution in [-0.2, 0) is 18.6 Å². The molecule has 0 radical (unpaired) electrons. The van der Waals surface area contributed by atoms with E-state index in [9.17, 15) is 24.5 Å². The number of fused-ring (bicyclic) bond motifs is 1. The number of aromatic nitrogens is 4. The van der Waals surface area contributed by atoms with E-state index in [1.807, 2.05) is 0 Å². The Kier molecular flexibility index (Phi) is 7.29. The SMILES string of the molecule is CSCC[C@H](NP(=O)(O)OC[C@H]1O[C@@H](n2cnc3c(N)ncnc32)C[C@@H]1O)C(=O)O. The lowest BCUT2D eigenvalue weighted by atomic mass is 10.2. The van der Waals surface area contributed by atoms with Gasteiger partial charge in [-0.1, -0.05) is 0 Å². The van der Waals surface area contributed by atoms with Crippen LogP contribution in [0.2, 0.25) is 0 Å². The molecule has 6 N–H and O–H groups in total. The van der Waals surface area contributed by atoms with Crippen LogP contribution in [0.3, 0.4) is 0 Å². The molecule has 30 heavy (non-hydrogen) atoms. The molecule has 0 saturated carbocycles. The van der Waals surface area contributed by atoms with Crippen LogP contribution in [0.5, 0.6) is 0 Å². The van der Waals surface area contributed by atoms with Gasteiger partial charge in [0.15, 0.2) is 11.5 Å². The fourth-order valence-electron chi connectivity index (χ4n) is 3.00. The van der Waals surface area contributed by atoms with Gasteiger partial charge in [-0.15, -0.1) is 0 Å². The number of anilines is 1. The monoisotopic (exact) mass is 462 g/mol. The molecular formula is C15H23N6O7PS. The molecule has 3 heterocycles. The van der Waals surface area contributed by atoms with Gasteiger partial charge in [-0.25, -0.2) is 24.6 Å². The number of ether oxygens (including phenoxy) is 1. The first-order chi connectivity index (χ1) is 14.2. The van der Waals surface area contributed by atoms with Crippen molar-refractivity contribution < 1.29 is 33.7 Å². The van der Waals surface area contributed by atoms with Gasteiger partial charge in [0, 0.05) is 6.42 Å². The second-order valence-corrected chi connectivity index (χ2v) is 9.18. The van der Waals surface area contributed by atoms with E-state index in [0.717, 1.165) is 0 Å². The molecule has 1 fully saturated rings. The quantitative estimate of drug-likeness (QED) is 0.296. The number of hydrogen-bond acceptors (Lipinski definition) is 10. The highest BCUT2D eigenvalue weighted by Gasteiger charge is 2.38. The van der Waals surface area contributed by atoms with Crippen LogP contribution >= 0.6 is 19.5 Å². The van der Waals surface area contributed by atoms with E-state index in [4.69, 9.17) is 15.0 Å². The maximum absolute atomic E-state index is 12.2.